The van der Waals surface area contributed by atoms with Crippen LogP contribution in [0, 0.1) is 11.3 Å². The molecule has 2 aromatic carbocycles. The summed E-state index contributed by atoms with van der Waals surface area (Å²) < 4.78 is 5.91. The van der Waals surface area contributed by atoms with E-state index in [-0.39, 0.29) is 0 Å². The van der Waals surface area contributed by atoms with Crippen LogP contribution >= 0.6 is 15.9 Å². The number of anilines is 1. The van der Waals surface area contributed by atoms with Crippen molar-refractivity contribution in [2.45, 2.75) is 13.0 Å². The molecule has 0 spiro atoms. The van der Waals surface area contributed by atoms with Crippen molar-refractivity contribution in [3.63, 3.8) is 0 Å². The monoisotopic (exact) mass is 398 g/mol. The number of hydrogen-bond donors (Lipinski definition) is 1. The summed E-state index contributed by atoms with van der Waals surface area (Å²) in [4.78, 5) is 23.9. The minimum absolute atomic E-state index is 0.418. The average molecular weight is 399 g/mol. The summed E-state index contributed by atoms with van der Waals surface area (Å²) in [6, 6.07) is 15.9. The van der Waals surface area contributed by atoms with Gasteiger partial charge in [0.1, 0.15) is 0 Å². The lowest BCUT2D eigenvalue weighted by Crippen LogP contribution is -2.29. The normalized spacial score (nSPS) is 11.6. The van der Waals surface area contributed by atoms with Gasteiger partial charge in [-0.15, -0.1) is 0 Å². The molecule has 0 aliphatic heterocycles. The first-order valence-electron chi connectivity index (χ1n) is 7.43. The SMILES string of the molecule is C[C@H](OC(=O)/C=C/c1ccc(C#N)cc1)C(=O)Nc1cccc(Br)c1. The molecule has 5 nitrogen and oxygen atoms in total. The minimum Gasteiger partial charge on any atom is -0.449 e. The summed E-state index contributed by atoms with van der Waals surface area (Å²) in [5.41, 5.74) is 1.90. The van der Waals surface area contributed by atoms with Crippen LogP contribution in [0.3, 0.4) is 0 Å². The van der Waals surface area contributed by atoms with E-state index in [1.54, 1.807) is 48.5 Å². The second-order valence-corrected chi connectivity index (χ2v) is 6.06. The van der Waals surface area contributed by atoms with E-state index in [4.69, 9.17) is 10.00 Å². The molecule has 1 atom stereocenters. The molecule has 2 rings (SSSR count). The minimum atomic E-state index is -0.933. The van der Waals surface area contributed by atoms with E-state index in [0.717, 1.165) is 10.0 Å². The molecule has 0 aliphatic rings. The Morgan fingerprint density at radius 3 is 2.60 bits per heavy atom. The fourth-order valence-electron chi connectivity index (χ4n) is 1.91. The number of carbonyl (C=O) groups excluding carboxylic acids is 2. The Labute approximate surface area is 154 Å². The van der Waals surface area contributed by atoms with Crippen LogP contribution in [0.2, 0.25) is 0 Å². The number of hydrogen-bond acceptors (Lipinski definition) is 4. The van der Waals surface area contributed by atoms with Crippen LogP contribution < -0.4 is 5.32 Å². The largest absolute Gasteiger partial charge is 0.449 e. The highest BCUT2D eigenvalue weighted by molar-refractivity contribution is 9.10. The predicted octanol–water partition coefficient (Wildman–Crippen LogP) is 3.90. The third-order valence-corrected chi connectivity index (χ3v) is 3.70. The van der Waals surface area contributed by atoms with Crippen molar-refractivity contribution >= 4 is 39.6 Å². The van der Waals surface area contributed by atoms with Gasteiger partial charge in [-0.3, -0.25) is 4.79 Å². The zero-order chi connectivity index (χ0) is 18.2. The van der Waals surface area contributed by atoms with Crippen molar-refractivity contribution in [2.75, 3.05) is 5.32 Å². The van der Waals surface area contributed by atoms with Crippen LogP contribution in [0.15, 0.2) is 59.1 Å². The summed E-state index contributed by atoms with van der Waals surface area (Å²) in [5, 5.41) is 11.4. The summed E-state index contributed by atoms with van der Waals surface area (Å²) in [6.07, 6.45) is 1.87. The number of halogens is 1. The van der Waals surface area contributed by atoms with Crippen LogP contribution in [0.5, 0.6) is 0 Å². The van der Waals surface area contributed by atoms with Crippen molar-refractivity contribution in [3.05, 3.63) is 70.2 Å². The lowest BCUT2D eigenvalue weighted by Gasteiger charge is -2.12. The van der Waals surface area contributed by atoms with Crippen molar-refractivity contribution in [1.29, 1.82) is 5.26 Å². The van der Waals surface area contributed by atoms with E-state index < -0.39 is 18.0 Å². The standard InChI is InChI=1S/C19H15BrN2O3/c1-13(19(24)22-17-4-2-3-16(20)11-17)25-18(23)10-9-14-5-7-15(12-21)8-6-14/h2-11,13H,1H3,(H,22,24)/b10-9+/t13-/m0/s1. The summed E-state index contributed by atoms with van der Waals surface area (Å²) in [6.45, 7) is 1.50. The molecule has 126 valence electrons. The quantitative estimate of drug-likeness (QED) is 0.611. The summed E-state index contributed by atoms with van der Waals surface area (Å²) >= 11 is 3.32. The average Bonchev–Trinajstić information content (AvgIpc) is 2.60. The van der Waals surface area contributed by atoms with Gasteiger partial charge in [0.15, 0.2) is 6.10 Å². The van der Waals surface area contributed by atoms with Crippen molar-refractivity contribution in [2.24, 2.45) is 0 Å². The summed E-state index contributed by atoms with van der Waals surface area (Å²) in [7, 11) is 0. The van der Waals surface area contributed by atoms with Gasteiger partial charge in [0.25, 0.3) is 5.91 Å². The van der Waals surface area contributed by atoms with Crippen LogP contribution in [0.4, 0.5) is 5.69 Å². The fourth-order valence-corrected chi connectivity index (χ4v) is 2.31. The number of nitriles is 1. The highest BCUT2D eigenvalue weighted by atomic mass is 79.9. The maximum atomic E-state index is 12.0. The zero-order valence-corrected chi connectivity index (χ0v) is 15.0. The molecule has 0 saturated heterocycles. The van der Waals surface area contributed by atoms with Crippen molar-refractivity contribution in [3.8, 4) is 6.07 Å². The molecule has 0 bridgehead atoms. The molecular formula is C19H15BrN2O3. The molecule has 0 radical (unpaired) electrons. The van der Waals surface area contributed by atoms with Crippen LogP contribution in [-0.4, -0.2) is 18.0 Å². The van der Waals surface area contributed by atoms with Gasteiger partial charge in [0.05, 0.1) is 11.6 Å². The molecular weight excluding hydrogens is 384 g/mol. The molecule has 0 fully saturated rings. The lowest BCUT2D eigenvalue weighted by molar-refractivity contribution is -0.148. The third-order valence-electron chi connectivity index (χ3n) is 3.21. The highest BCUT2D eigenvalue weighted by Gasteiger charge is 2.16. The van der Waals surface area contributed by atoms with Gasteiger partial charge in [-0.2, -0.15) is 5.26 Å². The van der Waals surface area contributed by atoms with Gasteiger partial charge in [-0.25, -0.2) is 4.79 Å². The van der Waals surface area contributed by atoms with E-state index in [0.29, 0.717) is 11.3 Å². The molecule has 25 heavy (non-hydrogen) atoms. The Kier molecular flexibility index (Phi) is 6.49. The topological polar surface area (TPSA) is 79.2 Å². The maximum Gasteiger partial charge on any atom is 0.331 e. The van der Waals surface area contributed by atoms with E-state index in [1.807, 2.05) is 12.1 Å². The first kappa shape index (κ1) is 18.4. The Bertz CT molecular complexity index is 838. The van der Waals surface area contributed by atoms with Crippen LogP contribution in [-0.2, 0) is 14.3 Å². The van der Waals surface area contributed by atoms with Crippen LogP contribution in [0.25, 0.3) is 6.08 Å². The second kappa shape index (κ2) is 8.81. The van der Waals surface area contributed by atoms with Crippen molar-refractivity contribution in [1.82, 2.24) is 0 Å². The molecule has 1 N–H and O–H groups in total. The van der Waals surface area contributed by atoms with Gasteiger partial charge in [-0.1, -0.05) is 34.1 Å². The van der Waals surface area contributed by atoms with E-state index in [2.05, 4.69) is 21.2 Å². The smallest absolute Gasteiger partial charge is 0.331 e. The predicted molar refractivity (Wildman–Crippen MR) is 98.5 cm³/mol. The number of carbonyl (C=O) groups is 2. The molecule has 6 heteroatoms. The number of rotatable bonds is 5. The first-order chi connectivity index (χ1) is 12.0. The maximum absolute atomic E-state index is 12.0. The molecule has 0 aromatic heterocycles. The highest BCUT2D eigenvalue weighted by Crippen LogP contribution is 2.16. The molecule has 2 aromatic rings. The first-order valence-corrected chi connectivity index (χ1v) is 8.22. The van der Waals surface area contributed by atoms with Gasteiger partial charge in [-0.05, 0) is 48.9 Å². The fraction of sp³-hybridized carbons (Fsp3) is 0.105. The Morgan fingerprint density at radius 2 is 1.96 bits per heavy atom. The number of amides is 1. The van der Waals surface area contributed by atoms with E-state index in [9.17, 15) is 9.59 Å². The number of nitrogens with one attached hydrogen (secondary N) is 1. The number of benzene rings is 2. The lowest BCUT2D eigenvalue weighted by atomic mass is 10.1. The van der Waals surface area contributed by atoms with E-state index >= 15 is 0 Å². The van der Waals surface area contributed by atoms with Crippen LogP contribution in [0.1, 0.15) is 18.1 Å². The third kappa shape index (κ3) is 5.90. The molecule has 0 aliphatic carbocycles. The van der Waals surface area contributed by atoms with Gasteiger partial charge >= 0.3 is 5.97 Å². The Morgan fingerprint density at radius 1 is 1.24 bits per heavy atom. The van der Waals surface area contributed by atoms with Crippen molar-refractivity contribution < 1.29 is 14.3 Å². The number of nitrogens with zero attached hydrogens (tertiary/aromatic N) is 1. The molecule has 0 heterocycles. The molecule has 0 saturated carbocycles. The molecule has 1 amide bonds. The van der Waals surface area contributed by atoms with Gasteiger partial charge in [0, 0.05) is 16.2 Å². The summed E-state index contributed by atoms with van der Waals surface area (Å²) in [5.74, 6) is -1.04. The van der Waals surface area contributed by atoms with E-state index in [1.165, 1.54) is 13.0 Å². The molecule has 0 unspecified atom stereocenters. The Hall–Kier alpha value is -2.91. The number of ether oxygens (including phenoxy) is 1. The van der Waals surface area contributed by atoms with Gasteiger partial charge in [0.2, 0.25) is 0 Å². The second-order valence-electron chi connectivity index (χ2n) is 5.15. The number of esters is 1. The zero-order valence-electron chi connectivity index (χ0n) is 13.4. The van der Waals surface area contributed by atoms with Gasteiger partial charge < -0.3 is 10.1 Å². The Balaban J connectivity index is 1.89.